The van der Waals surface area contributed by atoms with Crippen LogP contribution in [0.2, 0.25) is 0 Å². The maximum absolute atomic E-state index is 6.15. The van der Waals surface area contributed by atoms with Crippen molar-refractivity contribution in [2.75, 3.05) is 0 Å². The largest absolute Gasteiger partial charge is 0.495 e. The summed E-state index contributed by atoms with van der Waals surface area (Å²) < 4.78 is 12.3. The van der Waals surface area contributed by atoms with Crippen LogP contribution in [0.3, 0.4) is 0 Å². The van der Waals surface area contributed by atoms with E-state index in [1.165, 1.54) is 5.56 Å². The number of aromatic nitrogens is 1. The molecule has 2 aromatic rings. The molecule has 4 heteroatoms. The third-order valence-electron chi connectivity index (χ3n) is 4.98. The van der Waals surface area contributed by atoms with Gasteiger partial charge in [0.05, 0.1) is 16.9 Å². The quantitative estimate of drug-likeness (QED) is 0.793. The zero-order valence-electron chi connectivity index (χ0n) is 14.8. The lowest BCUT2D eigenvalue weighted by atomic mass is 9.75. The highest BCUT2D eigenvalue weighted by Crippen LogP contribution is 2.36. The van der Waals surface area contributed by atoms with E-state index >= 15 is 0 Å². The summed E-state index contributed by atoms with van der Waals surface area (Å²) in [5.74, 6) is 0. The SMILES string of the molecule is Cc1ccc(-c2ccc(B3OC(C)(C)C(C)(C)O3)c(C)c2)nc1. The summed E-state index contributed by atoms with van der Waals surface area (Å²) in [6.07, 6.45) is 1.90. The van der Waals surface area contributed by atoms with Crippen LogP contribution in [0.15, 0.2) is 36.5 Å². The minimum atomic E-state index is -0.319. The van der Waals surface area contributed by atoms with Crippen LogP contribution in [0.5, 0.6) is 0 Å². The summed E-state index contributed by atoms with van der Waals surface area (Å²) in [6, 6.07) is 10.5. The van der Waals surface area contributed by atoms with Gasteiger partial charge >= 0.3 is 7.12 Å². The van der Waals surface area contributed by atoms with Crippen molar-refractivity contribution in [1.29, 1.82) is 0 Å². The van der Waals surface area contributed by atoms with Gasteiger partial charge in [-0.15, -0.1) is 0 Å². The molecule has 120 valence electrons. The van der Waals surface area contributed by atoms with Gasteiger partial charge in [-0.1, -0.05) is 29.8 Å². The first-order chi connectivity index (χ1) is 10.7. The topological polar surface area (TPSA) is 31.4 Å². The highest BCUT2D eigenvalue weighted by atomic mass is 16.7. The molecule has 2 heterocycles. The van der Waals surface area contributed by atoms with Crippen LogP contribution < -0.4 is 5.46 Å². The van der Waals surface area contributed by atoms with Crippen LogP contribution in [-0.4, -0.2) is 23.3 Å². The molecular weight excluding hydrogens is 285 g/mol. The maximum Gasteiger partial charge on any atom is 0.495 e. The van der Waals surface area contributed by atoms with Gasteiger partial charge in [0.1, 0.15) is 0 Å². The summed E-state index contributed by atoms with van der Waals surface area (Å²) in [4.78, 5) is 4.50. The summed E-state index contributed by atoms with van der Waals surface area (Å²) in [5.41, 5.74) is 4.87. The third kappa shape index (κ3) is 2.93. The van der Waals surface area contributed by atoms with Gasteiger partial charge < -0.3 is 9.31 Å². The molecule has 1 saturated heterocycles. The molecule has 0 saturated carbocycles. The van der Waals surface area contributed by atoms with Crippen LogP contribution in [0, 0.1) is 13.8 Å². The first-order valence-electron chi connectivity index (χ1n) is 8.09. The molecule has 0 spiro atoms. The molecule has 0 N–H and O–H groups in total. The second-order valence-corrected chi connectivity index (χ2v) is 7.38. The van der Waals surface area contributed by atoms with Crippen molar-refractivity contribution in [3.05, 3.63) is 47.7 Å². The number of pyridine rings is 1. The summed E-state index contributed by atoms with van der Waals surface area (Å²) in [5, 5.41) is 0. The monoisotopic (exact) mass is 309 g/mol. The molecule has 1 fully saturated rings. The van der Waals surface area contributed by atoms with Gasteiger partial charge in [-0.2, -0.15) is 0 Å². The Hall–Kier alpha value is -1.65. The van der Waals surface area contributed by atoms with Crippen molar-refractivity contribution in [1.82, 2.24) is 4.98 Å². The van der Waals surface area contributed by atoms with Crippen LogP contribution in [-0.2, 0) is 9.31 Å². The molecule has 1 aromatic carbocycles. The molecule has 0 radical (unpaired) electrons. The lowest BCUT2D eigenvalue weighted by molar-refractivity contribution is 0.00578. The Morgan fingerprint density at radius 1 is 0.913 bits per heavy atom. The average molecular weight is 309 g/mol. The molecule has 0 atom stereocenters. The fourth-order valence-corrected chi connectivity index (χ4v) is 2.71. The van der Waals surface area contributed by atoms with Gasteiger partial charge in [0.15, 0.2) is 0 Å². The summed E-state index contributed by atoms with van der Waals surface area (Å²) in [7, 11) is -0.319. The Morgan fingerprint density at radius 2 is 1.57 bits per heavy atom. The van der Waals surface area contributed by atoms with Crippen molar-refractivity contribution in [3.63, 3.8) is 0 Å². The molecule has 3 rings (SSSR count). The van der Waals surface area contributed by atoms with Crippen molar-refractivity contribution in [3.8, 4) is 11.3 Å². The van der Waals surface area contributed by atoms with E-state index in [2.05, 4.69) is 69.9 Å². The second kappa shape index (κ2) is 5.46. The van der Waals surface area contributed by atoms with Crippen molar-refractivity contribution in [2.24, 2.45) is 0 Å². The number of rotatable bonds is 2. The third-order valence-corrected chi connectivity index (χ3v) is 4.98. The molecule has 0 unspecified atom stereocenters. The number of hydrogen-bond donors (Lipinski definition) is 0. The smallest absolute Gasteiger partial charge is 0.399 e. The number of hydrogen-bond acceptors (Lipinski definition) is 3. The lowest BCUT2D eigenvalue weighted by Gasteiger charge is -2.32. The Bertz CT molecular complexity index is 707. The van der Waals surface area contributed by atoms with Gasteiger partial charge in [0, 0.05) is 11.8 Å². The van der Waals surface area contributed by atoms with Crippen LogP contribution >= 0.6 is 0 Å². The van der Waals surface area contributed by atoms with Crippen molar-refractivity contribution < 1.29 is 9.31 Å². The molecule has 23 heavy (non-hydrogen) atoms. The number of aryl methyl sites for hydroxylation is 2. The Morgan fingerprint density at radius 3 is 2.09 bits per heavy atom. The van der Waals surface area contributed by atoms with Gasteiger partial charge in [0.2, 0.25) is 0 Å². The van der Waals surface area contributed by atoms with E-state index in [0.717, 1.165) is 22.3 Å². The second-order valence-electron chi connectivity index (χ2n) is 7.38. The maximum atomic E-state index is 6.15. The van der Waals surface area contributed by atoms with E-state index in [-0.39, 0.29) is 18.3 Å². The Balaban J connectivity index is 1.90. The van der Waals surface area contributed by atoms with E-state index in [1.807, 2.05) is 13.1 Å². The first-order valence-corrected chi connectivity index (χ1v) is 8.09. The van der Waals surface area contributed by atoms with Crippen LogP contribution in [0.1, 0.15) is 38.8 Å². The zero-order chi connectivity index (χ0) is 16.8. The highest BCUT2D eigenvalue weighted by Gasteiger charge is 2.52. The molecular formula is C19H24BNO2. The van der Waals surface area contributed by atoms with Gasteiger partial charge in [-0.25, -0.2) is 0 Å². The number of benzene rings is 1. The predicted molar refractivity (Wildman–Crippen MR) is 94.9 cm³/mol. The highest BCUT2D eigenvalue weighted by molar-refractivity contribution is 6.62. The molecule has 0 amide bonds. The summed E-state index contributed by atoms with van der Waals surface area (Å²) >= 11 is 0. The minimum absolute atomic E-state index is 0.318. The van der Waals surface area contributed by atoms with Crippen molar-refractivity contribution >= 4 is 12.6 Å². The Labute approximate surface area is 139 Å². The summed E-state index contributed by atoms with van der Waals surface area (Å²) in [6.45, 7) is 12.4. The lowest BCUT2D eigenvalue weighted by Crippen LogP contribution is -2.41. The minimum Gasteiger partial charge on any atom is -0.399 e. The molecule has 0 aliphatic carbocycles. The van der Waals surface area contributed by atoms with E-state index in [1.54, 1.807) is 0 Å². The fraction of sp³-hybridized carbons (Fsp3) is 0.421. The van der Waals surface area contributed by atoms with Crippen LogP contribution in [0.25, 0.3) is 11.3 Å². The predicted octanol–water partition coefficient (Wildman–Crippen LogP) is 3.66. The molecule has 1 aliphatic heterocycles. The molecule has 1 aromatic heterocycles. The Kier molecular flexibility index (Phi) is 3.85. The van der Waals surface area contributed by atoms with E-state index in [9.17, 15) is 0 Å². The van der Waals surface area contributed by atoms with E-state index in [0.29, 0.717) is 0 Å². The van der Waals surface area contributed by atoms with Gasteiger partial charge in [-0.05, 0) is 58.6 Å². The van der Waals surface area contributed by atoms with Crippen molar-refractivity contribution in [2.45, 2.75) is 52.7 Å². The van der Waals surface area contributed by atoms with Crippen LogP contribution in [0.4, 0.5) is 0 Å². The van der Waals surface area contributed by atoms with E-state index < -0.39 is 0 Å². The zero-order valence-corrected chi connectivity index (χ0v) is 14.8. The van der Waals surface area contributed by atoms with E-state index in [4.69, 9.17) is 9.31 Å². The van der Waals surface area contributed by atoms with Gasteiger partial charge in [0.25, 0.3) is 0 Å². The number of nitrogens with zero attached hydrogens (tertiary/aromatic N) is 1. The molecule has 1 aliphatic rings. The standard InChI is InChI=1S/C19H24BNO2/c1-13-7-10-17(21-12-13)15-8-9-16(14(2)11-15)20-22-18(3,4)19(5,6)23-20/h7-12H,1-6H3. The average Bonchev–Trinajstić information content (AvgIpc) is 2.68. The normalized spacial score (nSPS) is 19.1. The first kappa shape index (κ1) is 16.2. The van der Waals surface area contributed by atoms with Gasteiger partial charge in [-0.3, -0.25) is 4.98 Å². The molecule has 3 nitrogen and oxygen atoms in total. The molecule has 0 bridgehead atoms. The fourth-order valence-electron chi connectivity index (χ4n) is 2.71.